The second-order valence-electron chi connectivity index (χ2n) is 4.50. The molecule has 0 aliphatic rings. The highest BCUT2D eigenvalue weighted by Gasteiger charge is 2.17. The number of carbonyl (C=O) groups is 2. The number of aromatic nitrogens is 1. The Hall–Kier alpha value is -1.43. The monoisotopic (exact) mass is 270 g/mol. The number of aromatic carboxylic acids is 1. The van der Waals surface area contributed by atoms with Gasteiger partial charge < -0.3 is 10.4 Å². The van der Waals surface area contributed by atoms with Crippen LogP contribution in [-0.4, -0.2) is 22.0 Å². The van der Waals surface area contributed by atoms with Gasteiger partial charge in [-0.15, -0.1) is 0 Å². The fraction of sp³-hybridized carbons (Fsp3) is 0.583. The Morgan fingerprint density at radius 1 is 1.44 bits per heavy atom. The predicted octanol–water partition coefficient (Wildman–Crippen LogP) is 2.78. The van der Waals surface area contributed by atoms with E-state index in [9.17, 15) is 9.59 Å². The van der Waals surface area contributed by atoms with E-state index in [2.05, 4.69) is 10.3 Å². The maximum absolute atomic E-state index is 11.6. The summed E-state index contributed by atoms with van der Waals surface area (Å²) in [5.41, 5.74) is 0.551. The summed E-state index contributed by atoms with van der Waals surface area (Å²) in [5.74, 6) is -0.849. The Balaban J connectivity index is 2.81. The lowest BCUT2D eigenvalue weighted by molar-refractivity contribution is -0.116. The maximum Gasteiger partial charge on any atom is 0.347 e. The van der Waals surface area contributed by atoms with Crippen molar-refractivity contribution >= 4 is 28.3 Å². The molecule has 2 N–H and O–H groups in total. The first kappa shape index (κ1) is 14.6. The number of thiazole rings is 1. The Morgan fingerprint density at radius 2 is 2.11 bits per heavy atom. The molecular formula is C12H18N2O3S. The summed E-state index contributed by atoms with van der Waals surface area (Å²) in [4.78, 5) is 27.0. The summed E-state index contributed by atoms with van der Waals surface area (Å²) >= 11 is 1.02. The van der Waals surface area contributed by atoms with Gasteiger partial charge in [0.15, 0.2) is 5.13 Å². The molecule has 0 saturated carbocycles. The van der Waals surface area contributed by atoms with Crippen LogP contribution in [-0.2, 0) is 11.2 Å². The van der Waals surface area contributed by atoms with Crippen molar-refractivity contribution in [2.45, 2.75) is 40.0 Å². The molecule has 0 bridgehead atoms. The highest BCUT2D eigenvalue weighted by Crippen LogP contribution is 2.24. The summed E-state index contributed by atoms with van der Waals surface area (Å²) in [5, 5.41) is 12.1. The van der Waals surface area contributed by atoms with Gasteiger partial charge in [-0.25, -0.2) is 9.78 Å². The molecule has 0 aliphatic carbocycles. The van der Waals surface area contributed by atoms with Crippen molar-refractivity contribution in [1.29, 1.82) is 0 Å². The van der Waals surface area contributed by atoms with Crippen molar-refractivity contribution < 1.29 is 14.7 Å². The number of nitrogens with zero attached hydrogens (tertiary/aromatic N) is 1. The summed E-state index contributed by atoms with van der Waals surface area (Å²) < 4.78 is 0. The fourth-order valence-electron chi connectivity index (χ4n) is 1.52. The number of rotatable bonds is 6. The molecule has 1 heterocycles. The van der Waals surface area contributed by atoms with Crippen LogP contribution in [0.2, 0.25) is 0 Å². The third-order valence-electron chi connectivity index (χ3n) is 2.22. The van der Waals surface area contributed by atoms with Crippen molar-refractivity contribution in [3.05, 3.63) is 10.6 Å². The highest BCUT2D eigenvalue weighted by molar-refractivity contribution is 7.17. The number of amides is 1. The molecule has 1 rings (SSSR count). The topological polar surface area (TPSA) is 79.3 Å². The molecule has 1 amide bonds. The third kappa shape index (κ3) is 4.10. The van der Waals surface area contributed by atoms with Gasteiger partial charge in [0.25, 0.3) is 0 Å². The summed E-state index contributed by atoms with van der Waals surface area (Å²) in [7, 11) is 0. The predicted molar refractivity (Wildman–Crippen MR) is 71.2 cm³/mol. The van der Waals surface area contributed by atoms with Crippen LogP contribution in [0.3, 0.4) is 0 Å². The Labute approximate surface area is 110 Å². The lowest BCUT2D eigenvalue weighted by atomic mass is 10.1. The van der Waals surface area contributed by atoms with Crippen LogP contribution in [0.25, 0.3) is 0 Å². The molecule has 0 saturated heterocycles. The number of carbonyl (C=O) groups excluding carboxylic acids is 1. The van der Waals surface area contributed by atoms with Crippen molar-refractivity contribution in [3.8, 4) is 0 Å². The van der Waals surface area contributed by atoms with E-state index in [0.29, 0.717) is 23.7 Å². The van der Waals surface area contributed by atoms with Crippen LogP contribution in [0.1, 0.15) is 49.0 Å². The number of hydrogen-bond donors (Lipinski definition) is 2. The molecule has 18 heavy (non-hydrogen) atoms. The molecule has 0 radical (unpaired) electrons. The lowest BCUT2D eigenvalue weighted by Crippen LogP contribution is -2.13. The van der Waals surface area contributed by atoms with Gasteiger partial charge in [0.1, 0.15) is 4.88 Å². The molecule has 0 fully saturated rings. The van der Waals surface area contributed by atoms with E-state index in [0.717, 1.165) is 17.8 Å². The van der Waals surface area contributed by atoms with Crippen molar-refractivity contribution in [2.24, 2.45) is 5.92 Å². The van der Waals surface area contributed by atoms with Crippen LogP contribution in [0.5, 0.6) is 0 Å². The molecule has 0 spiro atoms. The average Bonchev–Trinajstić information content (AvgIpc) is 2.60. The average molecular weight is 270 g/mol. The van der Waals surface area contributed by atoms with E-state index < -0.39 is 5.97 Å². The standard InChI is InChI=1S/C12H18N2O3S/c1-4-5-8-10(11(16)17)18-12(13-8)14-9(15)6-7(2)3/h7H,4-6H2,1-3H3,(H,16,17)(H,13,14,15). The van der Waals surface area contributed by atoms with Crippen molar-refractivity contribution in [3.63, 3.8) is 0 Å². The number of nitrogens with one attached hydrogen (secondary N) is 1. The van der Waals surface area contributed by atoms with Crippen LogP contribution in [0, 0.1) is 5.92 Å². The molecule has 6 heteroatoms. The van der Waals surface area contributed by atoms with E-state index in [1.807, 2.05) is 20.8 Å². The molecule has 1 aromatic rings. The molecule has 5 nitrogen and oxygen atoms in total. The van der Waals surface area contributed by atoms with Crippen molar-refractivity contribution in [2.75, 3.05) is 5.32 Å². The van der Waals surface area contributed by atoms with Gasteiger partial charge in [0.05, 0.1) is 5.69 Å². The normalized spacial score (nSPS) is 10.7. The number of hydrogen-bond acceptors (Lipinski definition) is 4. The number of carboxylic acid groups (broad SMARTS) is 1. The highest BCUT2D eigenvalue weighted by atomic mass is 32.1. The quantitative estimate of drug-likeness (QED) is 0.833. The maximum atomic E-state index is 11.6. The SMILES string of the molecule is CCCc1nc(NC(=O)CC(C)C)sc1C(=O)O. The summed E-state index contributed by atoms with van der Waals surface area (Å²) in [6, 6.07) is 0. The minimum atomic E-state index is -0.986. The van der Waals surface area contributed by atoms with E-state index in [1.54, 1.807) is 0 Å². The number of aryl methyl sites for hydroxylation is 1. The molecular weight excluding hydrogens is 252 g/mol. The van der Waals surface area contributed by atoms with E-state index in [-0.39, 0.29) is 16.7 Å². The van der Waals surface area contributed by atoms with Gasteiger partial charge in [0, 0.05) is 6.42 Å². The van der Waals surface area contributed by atoms with Gasteiger partial charge in [-0.3, -0.25) is 4.79 Å². The summed E-state index contributed by atoms with van der Waals surface area (Å²) in [6.45, 7) is 5.86. The zero-order valence-corrected chi connectivity index (χ0v) is 11.6. The first-order valence-corrected chi connectivity index (χ1v) is 6.78. The van der Waals surface area contributed by atoms with Gasteiger partial charge in [-0.05, 0) is 12.3 Å². The molecule has 0 unspecified atom stereocenters. The smallest absolute Gasteiger partial charge is 0.347 e. The second kappa shape index (κ2) is 6.49. The fourth-order valence-corrected chi connectivity index (χ4v) is 2.39. The van der Waals surface area contributed by atoms with Gasteiger partial charge in [-0.1, -0.05) is 38.5 Å². The van der Waals surface area contributed by atoms with Crippen LogP contribution in [0.4, 0.5) is 5.13 Å². The lowest BCUT2D eigenvalue weighted by Gasteiger charge is -2.03. The molecule has 0 aliphatic heterocycles. The van der Waals surface area contributed by atoms with Crippen LogP contribution < -0.4 is 5.32 Å². The second-order valence-corrected chi connectivity index (χ2v) is 5.50. The minimum absolute atomic E-state index is 0.126. The summed E-state index contributed by atoms with van der Waals surface area (Å²) in [6.07, 6.45) is 1.84. The molecule has 0 aromatic carbocycles. The van der Waals surface area contributed by atoms with E-state index in [4.69, 9.17) is 5.11 Å². The van der Waals surface area contributed by atoms with E-state index >= 15 is 0 Å². The Kier molecular flexibility index (Phi) is 5.27. The molecule has 0 atom stereocenters. The Morgan fingerprint density at radius 3 is 2.61 bits per heavy atom. The third-order valence-corrected chi connectivity index (χ3v) is 3.22. The van der Waals surface area contributed by atoms with Crippen molar-refractivity contribution in [1.82, 2.24) is 4.98 Å². The zero-order chi connectivity index (χ0) is 13.7. The van der Waals surface area contributed by atoms with Crippen LogP contribution >= 0.6 is 11.3 Å². The van der Waals surface area contributed by atoms with E-state index in [1.165, 1.54) is 0 Å². The van der Waals surface area contributed by atoms with Gasteiger partial charge in [-0.2, -0.15) is 0 Å². The molecule has 100 valence electrons. The number of carboxylic acids is 1. The minimum Gasteiger partial charge on any atom is -0.477 e. The molecule has 1 aromatic heterocycles. The first-order chi connectivity index (χ1) is 8.43. The Bertz CT molecular complexity index is 441. The largest absolute Gasteiger partial charge is 0.477 e. The number of anilines is 1. The zero-order valence-electron chi connectivity index (χ0n) is 10.8. The van der Waals surface area contributed by atoms with Crippen LogP contribution in [0.15, 0.2) is 0 Å². The van der Waals surface area contributed by atoms with Gasteiger partial charge in [0.2, 0.25) is 5.91 Å². The first-order valence-electron chi connectivity index (χ1n) is 5.96. The van der Waals surface area contributed by atoms with Gasteiger partial charge >= 0.3 is 5.97 Å².